The van der Waals surface area contributed by atoms with Crippen molar-refractivity contribution in [3.8, 4) is 0 Å². The summed E-state index contributed by atoms with van der Waals surface area (Å²) < 4.78 is 5.95. The van der Waals surface area contributed by atoms with Gasteiger partial charge in [0.2, 0.25) is 5.91 Å². The molecule has 31 heavy (non-hydrogen) atoms. The number of nitrogens with zero attached hydrogens (tertiary/aromatic N) is 3. The van der Waals surface area contributed by atoms with Gasteiger partial charge in [0, 0.05) is 44.5 Å². The number of hydrogen-bond donors (Lipinski definition) is 1. The van der Waals surface area contributed by atoms with Crippen LogP contribution in [0, 0.1) is 5.92 Å². The molecule has 1 saturated heterocycles. The molecule has 3 rings (SSSR count). The van der Waals surface area contributed by atoms with Gasteiger partial charge in [-0.1, -0.05) is 36.4 Å². The number of likely N-dealkylation sites (N-methyl/N-ethyl adjacent to an activating group) is 1. The summed E-state index contributed by atoms with van der Waals surface area (Å²) in [6.07, 6.45) is 2.03. The maximum absolute atomic E-state index is 12.0. The lowest BCUT2D eigenvalue weighted by molar-refractivity contribution is -0.127. The molecule has 8 heteroatoms. The lowest BCUT2D eigenvalue weighted by Crippen LogP contribution is -2.42. The van der Waals surface area contributed by atoms with Gasteiger partial charge in [-0.25, -0.2) is 4.99 Å². The average molecular weight is 557 g/mol. The highest BCUT2D eigenvalue weighted by molar-refractivity contribution is 14.0. The van der Waals surface area contributed by atoms with E-state index in [1.807, 2.05) is 18.2 Å². The monoisotopic (exact) mass is 556 g/mol. The van der Waals surface area contributed by atoms with Gasteiger partial charge >= 0.3 is 0 Å². The number of thiophene rings is 1. The summed E-state index contributed by atoms with van der Waals surface area (Å²) in [4.78, 5) is 21.8. The summed E-state index contributed by atoms with van der Waals surface area (Å²) >= 11 is 1.77. The second-order valence-electron chi connectivity index (χ2n) is 7.79. The number of benzene rings is 1. The number of aliphatic imine (C=N–C) groups is 1. The van der Waals surface area contributed by atoms with Crippen molar-refractivity contribution in [2.75, 3.05) is 46.9 Å². The third-order valence-electron chi connectivity index (χ3n) is 5.15. The predicted molar refractivity (Wildman–Crippen MR) is 138 cm³/mol. The SMILES string of the molecule is CN(C)C(=O)CN=C(NCCc1cccs1)N1CCC(COCc2ccccc2)C1.I. The lowest BCUT2D eigenvalue weighted by atomic mass is 10.1. The number of carbonyl (C=O) groups is 1. The van der Waals surface area contributed by atoms with Gasteiger partial charge in [-0.3, -0.25) is 4.79 Å². The summed E-state index contributed by atoms with van der Waals surface area (Å²) in [5, 5.41) is 5.57. The number of rotatable bonds is 9. The molecule has 2 heterocycles. The molecule has 0 bridgehead atoms. The van der Waals surface area contributed by atoms with Crippen molar-refractivity contribution in [3.63, 3.8) is 0 Å². The number of halogens is 1. The van der Waals surface area contributed by atoms with Gasteiger partial charge in [-0.05, 0) is 29.9 Å². The van der Waals surface area contributed by atoms with Crippen molar-refractivity contribution in [2.24, 2.45) is 10.9 Å². The Morgan fingerprint density at radius 2 is 2.06 bits per heavy atom. The van der Waals surface area contributed by atoms with Crippen LogP contribution in [0.25, 0.3) is 0 Å². The first-order valence-corrected chi connectivity index (χ1v) is 11.4. The van der Waals surface area contributed by atoms with Crippen LogP contribution >= 0.6 is 35.3 Å². The largest absolute Gasteiger partial charge is 0.376 e. The van der Waals surface area contributed by atoms with E-state index in [4.69, 9.17) is 4.74 Å². The van der Waals surface area contributed by atoms with Crippen LogP contribution in [0.4, 0.5) is 0 Å². The Morgan fingerprint density at radius 1 is 1.26 bits per heavy atom. The smallest absolute Gasteiger partial charge is 0.243 e. The maximum atomic E-state index is 12.0. The third kappa shape index (κ3) is 8.78. The maximum Gasteiger partial charge on any atom is 0.243 e. The number of carbonyl (C=O) groups excluding carboxylic acids is 1. The quantitative estimate of drug-likeness (QED) is 0.292. The fourth-order valence-corrected chi connectivity index (χ4v) is 4.09. The van der Waals surface area contributed by atoms with E-state index >= 15 is 0 Å². The van der Waals surface area contributed by atoms with Crippen LogP contribution in [0.3, 0.4) is 0 Å². The molecule has 2 aromatic rings. The predicted octanol–water partition coefficient (Wildman–Crippen LogP) is 3.48. The number of hydrogen-bond acceptors (Lipinski definition) is 4. The van der Waals surface area contributed by atoms with Crippen LogP contribution in [-0.4, -0.2) is 68.5 Å². The first kappa shape index (κ1) is 25.6. The van der Waals surface area contributed by atoms with E-state index in [0.29, 0.717) is 12.5 Å². The summed E-state index contributed by atoms with van der Waals surface area (Å²) in [6, 6.07) is 14.5. The van der Waals surface area contributed by atoms with Crippen molar-refractivity contribution in [1.82, 2.24) is 15.1 Å². The van der Waals surface area contributed by atoms with E-state index in [1.165, 1.54) is 10.4 Å². The van der Waals surface area contributed by atoms with E-state index < -0.39 is 0 Å². The zero-order valence-electron chi connectivity index (χ0n) is 18.3. The standard InChI is InChI=1S/C23H32N4O2S.HI/c1-26(2)22(28)15-25-23(24-12-10-21-9-6-14-30-21)27-13-11-20(16-27)18-29-17-19-7-4-3-5-8-19;/h3-9,14,20H,10-13,15-18H2,1-2H3,(H,24,25);1H. The van der Waals surface area contributed by atoms with E-state index in [9.17, 15) is 4.79 Å². The zero-order chi connectivity index (χ0) is 21.2. The summed E-state index contributed by atoms with van der Waals surface area (Å²) in [5.41, 5.74) is 1.20. The number of guanidine groups is 1. The number of amides is 1. The molecular formula is C23H33IN4O2S. The second-order valence-corrected chi connectivity index (χ2v) is 8.82. The Kier molecular flexibility index (Phi) is 11.3. The Morgan fingerprint density at radius 3 is 2.77 bits per heavy atom. The van der Waals surface area contributed by atoms with Crippen molar-refractivity contribution in [1.29, 1.82) is 0 Å². The molecule has 170 valence electrons. The molecule has 1 fully saturated rings. The molecule has 1 unspecified atom stereocenters. The topological polar surface area (TPSA) is 57.2 Å². The molecule has 1 aliphatic heterocycles. The fraction of sp³-hybridized carbons (Fsp3) is 0.478. The van der Waals surface area contributed by atoms with Crippen molar-refractivity contribution in [3.05, 3.63) is 58.3 Å². The van der Waals surface area contributed by atoms with E-state index in [0.717, 1.165) is 45.0 Å². The van der Waals surface area contributed by atoms with E-state index in [2.05, 4.69) is 44.9 Å². The van der Waals surface area contributed by atoms with Crippen molar-refractivity contribution >= 4 is 47.2 Å². The number of ether oxygens (including phenoxy) is 1. The van der Waals surface area contributed by atoms with Crippen molar-refractivity contribution in [2.45, 2.75) is 19.4 Å². The first-order valence-electron chi connectivity index (χ1n) is 10.5. The molecule has 1 aromatic heterocycles. The highest BCUT2D eigenvalue weighted by atomic mass is 127. The Bertz CT molecular complexity index is 799. The highest BCUT2D eigenvalue weighted by Crippen LogP contribution is 2.17. The highest BCUT2D eigenvalue weighted by Gasteiger charge is 2.25. The third-order valence-corrected chi connectivity index (χ3v) is 6.08. The molecule has 1 aliphatic rings. The zero-order valence-corrected chi connectivity index (χ0v) is 21.5. The normalized spacial score (nSPS) is 16.1. The average Bonchev–Trinajstić information content (AvgIpc) is 3.43. The van der Waals surface area contributed by atoms with E-state index in [-0.39, 0.29) is 36.4 Å². The molecule has 0 aliphatic carbocycles. The van der Waals surface area contributed by atoms with E-state index in [1.54, 1.807) is 30.3 Å². The molecule has 1 atom stereocenters. The van der Waals surface area contributed by atoms with Crippen LogP contribution in [0.2, 0.25) is 0 Å². The Labute approximate surface area is 206 Å². The van der Waals surface area contributed by atoms with Gasteiger partial charge in [0.15, 0.2) is 5.96 Å². The number of likely N-dealkylation sites (tertiary alicyclic amines) is 1. The first-order chi connectivity index (χ1) is 14.6. The molecule has 0 spiro atoms. The van der Waals surface area contributed by atoms with Crippen molar-refractivity contribution < 1.29 is 9.53 Å². The molecule has 0 radical (unpaired) electrons. The summed E-state index contributed by atoms with van der Waals surface area (Å²) in [5.74, 6) is 1.31. The van der Waals surface area contributed by atoms with Gasteiger partial charge < -0.3 is 19.9 Å². The fourth-order valence-electron chi connectivity index (χ4n) is 3.38. The Hall–Kier alpha value is -1.65. The molecule has 1 aromatic carbocycles. The molecule has 6 nitrogen and oxygen atoms in total. The minimum atomic E-state index is 0. The Balaban J connectivity index is 0.00000341. The van der Waals surface area contributed by atoms with Crippen LogP contribution in [0.15, 0.2) is 52.8 Å². The van der Waals surface area contributed by atoms with Gasteiger partial charge in [0.25, 0.3) is 0 Å². The molecule has 1 N–H and O–H groups in total. The van der Waals surface area contributed by atoms with Gasteiger partial charge in [0.1, 0.15) is 6.54 Å². The summed E-state index contributed by atoms with van der Waals surface area (Å²) in [6.45, 7) is 4.19. The second kappa shape index (κ2) is 13.7. The van der Waals surface area contributed by atoms with Gasteiger partial charge in [0.05, 0.1) is 13.2 Å². The van der Waals surface area contributed by atoms with Crippen LogP contribution in [0.5, 0.6) is 0 Å². The van der Waals surface area contributed by atoms with Gasteiger partial charge in [-0.15, -0.1) is 35.3 Å². The van der Waals surface area contributed by atoms with Crippen LogP contribution < -0.4 is 5.32 Å². The minimum absolute atomic E-state index is 0. The number of nitrogens with one attached hydrogen (secondary N) is 1. The minimum Gasteiger partial charge on any atom is -0.376 e. The summed E-state index contributed by atoms with van der Waals surface area (Å²) in [7, 11) is 3.52. The van der Waals surface area contributed by atoms with Crippen LogP contribution in [-0.2, 0) is 22.6 Å². The van der Waals surface area contributed by atoms with Crippen LogP contribution in [0.1, 0.15) is 16.9 Å². The lowest BCUT2D eigenvalue weighted by Gasteiger charge is -2.22. The molecular weight excluding hydrogens is 523 g/mol. The molecule has 1 amide bonds. The van der Waals surface area contributed by atoms with Gasteiger partial charge in [-0.2, -0.15) is 0 Å². The molecule has 0 saturated carbocycles.